The van der Waals surface area contributed by atoms with E-state index in [4.69, 9.17) is 5.11 Å². The van der Waals surface area contributed by atoms with Crippen molar-refractivity contribution in [3.8, 4) is 0 Å². The molecule has 0 saturated heterocycles. The molecule has 7 heteroatoms. The Morgan fingerprint density at radius 1 is 1.15 bits per heavy atom. The fourth-order valence-electron chi connectivity index (χ4n) is 3.84. The van der Waals surface area contributed by atoms with Gasteiger partial charge < -0.3 is 10.4 Å². The Labute approximate surface area is 158 Å². The van der Waals surface area contributed by atoms with Gasteiger partial charge in [0.05, 0.1) is 11.5 Å². The van der Waals surface area contributed by atoms with Gasteiger partial charge in [0.2, 0.25) is 0 Å². The fraction of sp³-hybridized carbons (Fsp3) is 0.650. The molecular weight excluding hydrogens is 357 g/mol. The smallest absolute Gasteiger partial charge is 0.416 e. The molecule has 0 aromatic heterocycles. The number of carboxylic acid groups (broad SMARTS) is 1. The first-order chi connectivity index (χ1) is 12.8. The molecule has 2 N–H and O–H groups in total. The van der Waals surface area contributed by atoms with Crippen molar-refractivity contribution < 1.29 is 23.1 Å². The van der Waals surface area contributed by atoms with Crippen LogP contribution in [0.4, 0.5) is 13.2 Å². The standard InChI is InChI=1S/C20H29F3N2O2/c1-3-25(4-2)18(14-5-9-16(10-6-14)20(21,22)23)13-24-17-11-7-15(8-12-17)19(26)27/h5-6,9-10,15,17-18,24H,3-4,7-8,11-13H2,1-2H3,(H,26,27). The lowest BCUT2D eigenvalue weighted by atomic mass is 9.86. The third-order valence-electron chi connectivity index (χ3n) is 5.55. The molecule has 0 spiro atoms. The molecule has 0 amide bonds. The van der Waals surface area contributed by atoms with E-state index in [1.165, 1.54) is 0 Å². The van der Waals surface area contributed by atoms with E-state index in [1.807, 2.05) is 13.8 Å². The van der Waals surface area contributed by atoms with Crippen molar-refractivity contribution in [3.63, 3.8) is 0 Å². The summed E-state index contributed by atoms with van der Waals surface area (Å²) in [5.74, 6) is -0.976. The van der Waals surface area contributed by atoms with Crippen LogP contribution in [0.15, 0.2) is 24.3 Å². The first kappa shape index (κ1) is 21.7. The molecule has 1 atom stereocenters. The molecule has 0 aliphatic heterocycles. The minimum absolute atomic E-state index is 0.0144. The third kappa shape index (κ3) is 5.94. The van der Waals surface area contributed by atoms with Crippen molar-refractivity contribution in [1.29, 1.82) is 0 Å². The van der Waals surface area contributed by atoms with Gasteiger partial charge in [0.1, 0.15) is 0 Å². The van der Waals surface area contributed by atoms with Crippen molar-refractivity contribution in [1.82, 2.24) is 10.2 Å². The van der Waals surface area contributed by atoms with E-state index in [1.54, 1.807) is 12.1 Å². The first-order valence-corrected chi connectivity index (χ1v) is 9.63. The molecule has 1 saturated carbocycles. The SMILES string of the molecule is CCN(CC)C(CNC1CCC(C(=O)O)CC1)c1ccc(C(F)(F)F)cc1. The summed E-state index contributed by atoms with van der Waals surface area (Å²) in [7, 11) is 0. The molecule has 1 aliphatic rings. The second kappa shape index (κ2) is 9.55. The molecule has 0 heterocycles. The number of nitrogens with zero attached hydrogens (tertiary/aromatic N) is 1. The van der Waals surface area contributed by atoms with E-state index >= 15 is 0 Å². The van der Waals surface area contributed by atoms with Crippen LogP contribution in [-0.4, -0.2) is 41.7 Å². The molecule has 0 radical (unpaired) electrons. The maximum Gasteiger partial charge on any atom is 0.416 e. The number of benzene rings is 1. The number of nitrogens with one attached hydrogen (secondary N) is 1. The predicted molar refractivity (Wildman–Crippen MR) is 98.5 cm³/mol. The van der Waals surface area contributed by atoms with Crippen LogP contribution in [0.1, 0.15) is 56.7 Å². The Morgan fingerprint density at radius 3 is 2.15 bits per heavy atom. The minimum Gasteiger partial charge on any atom is -0.481 e. The van der Waals surface area contributed by atoms with Gasteiger partial charge in [-0.05, 0) is 56.5 Å². The third-order valence-corrected chi connectivity index (χ3v) is 5.55. The highest BCUT2D eigenvalue weighted by Gasteiger charge is 2.31. The highest BCUT2D eigenvalue weighted by molar-refractivity contribution is 5.70. The van der Waals surface area contributed by atoms with Gasteiger partial charge in [-0.3, -0.25) is 9.69 Å². The van der Waals surface area contributed by atoms with Gasteiger partial charge in [0, 0.05) is 18.6 Å². The Bertz CT molecular complexity index is 592. The van der Waals surface area contributed by atoms with Crippen molar-refractivity contribution in [2.75, 3.05) is 19.6 Å². The van der Waals surface area contributed by atoms with E-state index in [-0.39, 0.29) is 18.0 Å². The summed E-state index contributed by atoms with van der Waals surface area (Å²) in [4.78, 5) is 13.3. The van der Waals surface area contributed by atoms with E-state index in [9.17, 15) is 18.0 Å². The number of rotatable bonds is 8. The van der Waals surface area contributed by atoms with Crippen LogP contribution in [0.25, 0.3) is 0 Å². The zero-order valence-corrected chi connectivity index (χ0v) is 15.9. The lowest BCUT2D eigenvalue weighted by molar-refractivity contribution is -0.143. The van der Waals surface area contributed by atoms with Crippen molar-refractivity contribution >= 4 is 5.97 Å². The maximum atomic E-state index is 12.8. The monoisotopic (exact) mass is 386 g/mol. The van der Waals surface area contributed by atoms with Gasteiger partial charge >= 0.3 is 12.1 Å². The van der Waals surface area contributed by atoms with E-state index in [0.717, 1.165) is 43.6 Å². The summed E-state index contributed by atoms with van der Waals surface area (Å²) < 4.78 is 38.5. The number of alkyl halides is 3. The number of carboxylic acids is 1. The minimum atomic E-state index is -4.33. The average Bonchev–Trinajstić information content (AvgIpc) is 2.65. The number of carbonyl (C=O) groups is 1. The molecule has 2 rings (SSSR count). The van der Waals surface area contributed by atoms with Crippen LogP contribution in [0, 0.1) is 5.92 Å². The van der Waals surface area contributed by atoms with Crippen LogP contribution in [0.3, 0.4) is 0 Å². The van der Waals surface area contributed by atoms with Gasteiger partial charge in [0.15, 0.2) is 0 Å². The van der Waals surface area contributed by atoms with E-state index in [0.29, 0.717) is 19.4 Å². The highest BCUT2D eigenvalue weighted by atomic mass is 19.4. The Balaban J connectivity index is 2.04. The molecule has 4 nitrogen and oxygen atoms in total. The number of aliphatic carboxylic acids is 1. The van der Waals surface area contributed by atoms with Crippen molar-refractivity contribution in [2.45, 2.75) is 57.8 Å². The molecule has 0 bridgehead atoms. The van der Waals surface area contributed by atoms with Gasteiger partial charge in [-0.1, -0.05) is 26.0 Å². The second-order valence-corrected chi connectivity index (χ2v) is 7.15. The Morgan fingerprint density at radius 2 is 1.70 bits per heavy atom. The maximum absolute atomic E-state index is 12.8. The van der Waals surface area contributed by atoms with Crippen LogP contribution in [0.5, 0.6) is 0 Å². The number of halogens is 3. The van der Waals surface area contributed by atoms with Gasteiger partial charge in [-0.2, -0.15) is 13.2 Å². The lowest BCUT2D eigenvalue weighted by Crippen LogP contribution is -2.41. The van der Waals surface area contributed by atoms with Crippen molar-refractivity contribution in [3.05, 3.63) is 35.4 Å². The fourth-order valence-corrected chi connectivity index (χ4v) is 3.84. The van der Waals surface area contributed by atoms with Gasteiger partial charge in [-0.15, -0.1) is 0 Å². The summed E-state index contributed by atoms with van der Waals surface area (Å²) in [6.07, 6.45) is -1.36. The summed E-state index contributed by atoms with van der Waals surface area (Å²) in [6, 6.07) is 5.66. The zero-order chi connectivity index (χ0) is 20.0. The van der Waals surface area contributed by atoms with Crippen LogP contribution >= 0.6 is 0 Å². The largest absolute Gasteiger partial charge is 0.481 e. The summed E-state index contributed by atoms with van der Waals surface area (Å²) >= 11 is 0. The second-order valence-electron chi connectivity index (χ2n) is 7.15. The molecule has 1 unspecified atom stereocenters. The zero-order valence-electron chi connectivity index (χ0n) is 15.9. The molecule has 1 aromatic carbocycles. The summed E-state index contributed by atoms with van der Waals surface area (Å²) in [5.41, 5.74) is 0.225. The first-order valence-electron chi connectivity index (χ1n) is 9.63. The number of hydrogen-bond acceptors (Lipinski definition) is 3. The Kier molecular flexibility index (Phi) is 7.68. The van der Waals surface area contributed by atoms with E-state index < -0.39 is 17.7 Å². The summed E-state index contributed by atoms with van der Waals surface area (Å²) in [5, 5.41) is 12.6. The van der Waals surface area contributed by atoms with Crippen LogP contribution in [-0.2, 0) is 11.0 Å². The molecular formula is C20H29F3N2O2. The van der Waals surface area contributed by atoms with Gasteiger partial charge in [-0.25, -0.2) is 0 Å². The Hall–Kier alpha value is -1.60. The lowest BCUT2D eigenvalue weighted by Gasteiger charge is -2.33. The highest BCUT2D eigenvalue weighted by Crippen LogP contribution is 2.31. The average molecular weight is 386 g/mol. The molecule has 1 fully saturated rings. The summed E-state index contributed by atoms with van der Waals surface area (Å²) in [6.45, 7) is 6.32. The number of likely N-dealkylation sites (N-methyl/N-ethyl adjacent to an activating group) is 1. The van der Waals surface area contributed by atoms with Crippen molar-refractivity contribution in [2.24, 2.45) is 5.92 Å². The molecule has 1 aliphatic carbocycles. The topological polar surface area (TPSA) is 52.6 Å². The van der Waals surface area contributed by atoms with E-state index in [2.05, 4.69) is 10.2 Å². The quantitative estimate of drug-likeness (QED) is 0.699. The predicted octanol–water partition coefficient (Wildman–Crippen LogP) is 4.32. The molecule has 1 aromatic rings. The normalized spacial score (nSPS) is 22.0. The van der Waals surface area contributed by atoms with Gasteiger partial charge in [0.25, 0.3) is 0 Å². The van der Waals surface area contributed by atoms with Crippen LogP contribution in [0.2, 0.25) is 0 Å². The molecule has 27 heavy (non-hydrogen) atoms. The molecule has 152 valence electrons. The van der Waals surface area contributed by atoms with Crippen LogP contribution < -0.4 is 5.32 Å². The number of hydrogen-bond donors (Lipinski definition) is 2.